The van der Waals surface area contributed by atoms with Crippen molar-refractivity contribution >= 4 is 17.5 Å². The predicted molar refractivity (Wildman–Crippen MR) is 115 cm³/mol. The second-order valence-electron chi connectivity index (χ2n) is 8.74. The van der Waals surface area contributed by atoms with E-state index >= 15 is 0 Å². The van der Waals surface area contributed by atoms with E-state index in [1.807, 2.05) is 9.80 Å². The number of rotatable bonds is 4. The number of para-hydroxylation sites is 1. The molecule has 6 nitrogen and oxygen atoms in total. The van der Waals surface area contributed by atoms with Crippen LogP contribution in [-0.4, -0.2) is 85.4 Å². The van der Waals surface area contributed by atoms with Crippen LogP contribution >= 0.6 is 0 Å². The molecule has 4 rings (SSSR count). The van der Waals surface area contributed by atoms with E-state index in [2.05, 4.69) is 41.0 Å². The second-order valence-corrected chi connectivity index (χ2v) is 8.74. The Kier molecular flexibility index (Phi) is 6.38. The number of nitrogens with zero attached hydrogens (tertiary/aromatic N) is 4. The lowest BCUT2D eigenvalue weighted by atomic mass is 9.95. The first-order valence-corrected chi connectivity index (χ1v) is 11.2. The van der Waals surface area contributed by atoms with Crippen molar-refractivity contribution in [3.63, 3.8) is 0 Å². The first-order valence-electron chi connectivity index (χ1n) is 11.2. The van der Waals surface area contributed by atoms with Crippen LogP contribution in [0.3, 0.4) is 0 Å². The van der Waals surface area contributed by atoms with Crippen LogP contribution in [0, 0.1) is 12.8 Å². The summed E-state index contributed by atoms with van der Waals surface area (Å²) in [5, 5.41) is 0. The number of hydrogen-bond donors (Lipinski definition) is 0. The summed E-state index contributed by atoms with van der Waals surface area (Å²) in [4.78, 5) is 34.1. The number of benzene rings is 1. The number of piperazine rings is 1. The predicted octanol–water partition coefficient (Wildman–Crippen LogP) is 1.98. The minimum atomic E-state index is 0.120. The number of anilines is 1. The van der Waals surface area contributed by atoms with Gasteiger partial charge in [0.25, 0.3) is 0 Å². The lowest BCUT2D eigenvalue weighted by Gasteiger charge is -2.38. The Bertz CT molecular complexity index is 715. The van der Waals surface area contributed by atoms with Gasteiger partial charge in [0, 0.05) is 64.0 Å². The monoisotopic (exact) mass is 398 g/mol. The van der Waals surface area contributed by atoms with E-state index in [1.54, 1.807) is 0 Å². The third-order valence-corrected chi connectivity index (χ3v) is 6.80. The number of likely N-dealkylation sites (tertiary alicyclic amines) is 2. The van der Waals surface area contributed by atoms with Crippen LogP contribution < -0.4 is 4.90 Å². The molecule has 0 unspecified atom stereocenters. The van der Waals surface area contributed by atoms with Gasteiger partial charge in [-0.1, -0.05) is 18.2 Å². The Balaban J connectivity index is 1.21. The van der Waals surface area contributed by atoms with Gasteiger partial charge in [-0.15, -0.1) is 0 Å². The quantitative estimate of drug-likeness (QED) is 0.778. The van der Waals surface area contributed by atoms with Crippen LogP contribution in [-0.2, 0) is 9.59 Å². The van der Waals surface area contributed by atoms with Gasteiger partial charge >= 0.3 is 0 Å². The maximum Gasteiger partial charge on any atom is 0.236 e. The van der Waals surface area contributed by atoms with E-state index < -0.39 is 0 Å². The maximum absolute atomic E-state index is 12.8. The van der Waals surface area contributed by atoms with Crippen LogP contribution in [0.15, 0.2) is 24.3 Å². The molecule has 0 spiro atoms. The van der Waals surface area contributed by atoms with Crippen LogP contribution in [0.5, 0.6) is 0 Å². The Morgan fingerprint density at radius 2 is 1.52 bits per heavy atom. The highest BCUT2D eigenvalue weighted by molar-refractivity contribution is 5.81. The van der Waals surface area contributed by atoms with E-state index in [9.17, 15) is 9.59 Å². The highest BCUT2D eigenvalue weighted by Crippen LogP contribution is 2.23. The molecular weight excluding hydrogens is 364 g/mol. The molecule has 0 atom stereocenters. The summed E-state index contributed by atoms with van der Waals surface area (Å²) in [5.74, 6) is 0.665. The van der Waals surface area contributed by atoms with Crippen molar-refractivity contribution in [3.05, 3.63) is 29.8 Å². The zero-order chi connectivity index (χ0) is 20.2. The normalized spacial score (nSPS) is 21.6. The molecule has 6 heteroatoms. The molecule has 3 heterocycles. The van der Waals surface area contributed by atoms with Gasteiger partial charge in [-0.05, 0) is 44.2 Å². The number of hydrogen-bond acceptors (Lipinski definition) is 4. The molecule has 3 saturated heterocycles. The van der Waals surface area contributed by atoms with Gasteiger partial charge in [0.05, 0.1) is 6.54 Å². The summed E-state index contributed by atoms with van der Waals surface area (Å²) in [7, 11) is 0. The summed E-state index contributed by atoms with van der Waals surface area (Å²) >= 11 is 0. The van der Waals surface area contributed by atoms with Gasteiger partial charge in [0.1, 0.15) is 0 Å². The first-order chi connectivity index (χ1) is 14.1. The molecule has 3 aliphatic heterocycles. The minimum absolute atomic E-state index is 0.120. The van der Waals surface area contributed by atoms with Crippen LogP contribution in [0.2, 0.25) is 0 Å². The number of piperidine rings is 1. The van der Waals surface area contributed by atoms with Crippen molar-refractivity contribution in [2.45, 2.75) is 32.6 Å². The maximum atomic E-state index is 12.8. The van der Waals surface area contributed by atoms with Gasteiger partial charge in [0.2, 0.25) is 11.8 Å². The average Bonchev–Trinajstić information content (AvgIpc) is 3.29. The van der Waals surface area contributed by atoms with E-state index in [0.717, 1.165) is 78.0 Å². The molecular formula is C23H34N4O2. The number of carbonyl (C=O) groups excluding carboxylic acids is 2. The van der Waals surface area contributed by atoms with E-state index in [1.165, 1.54) is 11.3 Å². The molecule has 1 aromatic rings. The lowest BCUT2D eigenvalue weighted by Crippen LogP contribution is -2.51. The van der Waals surface area contributed by atoms with Crippen LogP contribution in [0.25, 0.3) is 0 Å². The summed E-state index contributed by atoms with van der Waals surface area (Å²) in [5.41, 5.74) is 2.62. The minimum Gasteiger partial charge on any atom is -0.369 e. The highest BCUT2D eigenvalue weighted by atomic mass is 16.2. The Labute approximate surface area is 174 Å². The van der Waals surface area contributed by atoms with Crippen molar-refractivity contribution in [2.75, 3.05) is 63.8 Å². The van der Waals surface area contributed by atoms with Crippen LogP contribution in [0.4, 0.5) is 5.69 Å². The Morgan fingerprint density at radius 3 is 2.17 bits per heavy atom. The molecule has 0 aliphatic carbocycles. The van der Waals surface area contributed by atoms with Crippen LogP contribution in [0.1, 0.15) is 31.2 Å². The topological polar surface area (TPSA) is 47.1 Å². The number of amides is 2. The molecule has 158 valence electrons. The lowest BCUT2D eigenvalue weighted by molar-refractivity contribution is -0.140. The first kappa shape index (κ1) is 20.2. The molecule has 29 heavy (non-hydrogen) atoms. The highest BCUT2D eigenvalue weighted by Gasteiger charge is 2.31. The Hall–Kier alpha value is -2.08. The average molecular weight is 399 g/mol. The van der Waals surface area contributed by atoms with E-state index in [-0.39, 0.29) is 11.8 Å². The summed E-state index contributed by atoms with van der Waals surface area (Å²) in [6.07, 6.45) is 3.92. The third-order valence-electron chi connectivity index (χ3n) is 6.80. The smallest absolute Gasteiger partial charge is 0.236 e. The number of aryl methyl sites for hydroxylation is 1. The summed E-state index contributed by atoms with van der Waals surface area (Å²) in [6, 6.07) is 8.51. The van der Waals surface area contributed by atoms with Gasteiger partial charge < -0.3 is 14.7 Å². The van der Waals surface area contributed by atoms with Crippen molar-refractivity contribution in [1.82, 2.24) is 14.7 Å². The molecule has 2 amide bonds. The fourth-order valence-electron chi connectivity index (χ4n) is 4.93. The zero-order valence-corrected chi connectivity index (χ0v) is 17.7. The molecule has 1 aromatic carbocycles. The van der Waals surface area contributed by atoms with Crippen molar-refractivity contribution < 1.29 is 9.59 Å². The van der Waals surface area contributed by atoms with Gasteiger partial charge in [-0.3, -0.25) is 14.5 Å². The molecule has 3 fully saturated rings. The summed E-state index contributed by atoms with van der Waals surface area (Å²) in [6.45, 7) is 9.73. The second kappa shape index (κ2) is 9.16. The Morgan fingerprint density at radius 1 is 0.862 bits per heavy atom. The summed E-state index contributed by atoms with van der Waals surface area (Å²) < 4.78 is 0. The van der Waals surface area contributed by atoms with E-state index in [0.29, 0.717) is 12.5 Å². The molecule has 0 saturated carbocycles. The molecule has 0 N–H and O–H groups in total. The SMILES string of the molecule is Cc1ccccc1N1CCN(CC(=O)N2CCC(C(=O)N3CCCC3)CC2)CC1. The standard InChI is InChI=1S/C23H34N4O2/c1-19-6-2-3-7-21(19)25-16-14-24(15-17-25)18-22(28)26-12-8-20(9-13-26)23(29)27-10-4-5-11-27/h2-3,6-7,20H,4-5,8-18H2,1H3. The van der Waals surface area contributed by atoms with Gasteiger partial charge in [-0.2, -0.15) is 0 Å². The van der Waals surface area contributed by atoms with Crippen molar-refractivity contribution in [1.29, 1.82) is 0 Å². The number of carbonyl (C=O) groups is 2. The fraction of sp³-hybridized carbons (Fsp3) is 0.652. The molecule has 0 aromatic heterocycles. The van der Waals surface area contributed by atoms with Crippen molar-refractivity contribution in [2.24, 2.45) is 5.92 Å². The van der Waals surface area contributed by atoms with Crippen molar-refractivity contribution in [3.8, 4) is 0 Å². The third kappa shape index (κ3) is 4.74. The zero-order valence-electron chi connectivity index (χ0n) is 17.7. The van der Waals surface area contributed by atoms with Gasteiger partial charge in [0.15, 0.2) is 0 Å². The molecule has 0 radical (unpaired) electrons. The molecule has 3 aliphatic rings. The van der Waals surface area contributed by atoms with Gasteiger partial charge in [-0.25, -0.2) is 0 Å². The largest absolute Gasteiger partial charge is 0.369 e. The fourth-order valence-corrected chi connectivity index (χ4v) is 4.93. The van der Waals surface area contributed by atoms with E-state index in [4.69, 9.17) is 0 Å². The molecule has 0 bridgehead atoms.